The second-order valence-electron chi connectivity index (χ2n) is 7.86. The number of azo groups is 1. The van der Waals surface area contributed by atoms with Crippen LogP contribution in [0.1, 0.15) is 15.9 Å². The number of nitrogens with zero attached hydrogens (tertiary/aromatic N) is 2. The minimum absolute atomic E-state index is 0.0561. The zero-order valence-electron chi connectivity index (χ0n) is 19.4. The summed E-state index contributed by atoms with van der Waals surface area (Å²) >= 11 is 12.4. The third kappa shape index (κ3) is 5.37. The van der Waals surface area contributed by atoms with Gasteiger partial charge in [-0.15, -0.1) is 10.2 Å². The zero-order valence-corrected chi connectivity index (χ0v) is 21.7. The third-order valence-electron chi connectivity index (χ3n) is 5.45. The number of carbonyl (C=O) groups excluding carboxylic acids is 1. The van der Waals surface area contributed by atoms with Crippen LogP contribution in [-0.4, -0.2) is 31.1 Å². The summed E-state index contributed by atoms with van der Waals surface area (Å²) in [6.07, 6.45) is 0. The van der Waals surface area contributed by atoms with Gasteiger partial charge in [0.05, 0.1) is 27.6 Å². The Labute approximate surface area is 222 Å². The van der Waals surface area contributed by atoms with Crippen molar-refractivity contribution in [2.75, 3.05) is 12.4 Å². The molecule has 0 bridgehead atoms. The van der Waals surface area contributed by atoms with E-state index in [1.165, 1.54) is 26.2 Å². The zero-order chi connectivity index (χ0) is 26.9. The highest BCUT2D eigenvalue weighted by Gasteiger charge is 2.21. The molecule has 0 aliphatic rings. The monoisotopic (exact) mass is 559 g/mol. The molecule has 0 spiro atoms. The van der Waals surface area contributed by atoms with Gasteiger partial charge >= 0.3 is 0 Å². The molecule has 4 aromatic carbocycles. The summed E-state index contributed by atoms with van der Waals surface area (Å²) in [7, 11) is -3.11. The van der Waals surface area contributed by atoms with Crippen LogP contribution in [0.5, 0.6) is 11.5 Å². The largest absolute Gasteiger partial charge is 0.505 e. The number of hydrogen-bond acceptors (Lipinski definition) is 7. The van der Waals surface area contributed by atoms with Crippen LogP contribution in [0.4, 0.5) is 17.1 Å². The number of amides is 1. The third-order valence-corrected chi connectivity index (χ3v) is 7.07. The van der Waals surface area contributed by atoms with Crippen LogP contribution in [0.15, 0.2) is 75.8 Å². The van der Waals surface area contributed by atoms with Crippen molar-refractivity contribution in [3.05, 3.63) is 81.8 Å². The fourth-order valence-corrected chi connectivity index (χ4v) is 4.86. The van der Waals surface area contributed by atoms with E-state index in [9.17, 15) is 22.9 Å². The maximum absolute atomic E-state index is 13.2. The predicted molar refractivity (Wildman–Crippen MR) is 142 cm³/mol. The van der Waals surface area contributed by atoms with Gasteiger partial charge in [0.15, 0.2) is 5.75 Å². The normalized spacial score (nSPS) is 11.7. The van der Waals surface area contributed by atoms with Gasteiger partial charge in [-0.3, -0.25) is 9.35 Å². The Morgan fingerprint density at radius 2 is 1.73 bits per heavy atom. The fourth-order valence-electron chi connectivity index (χ4n) is 3.67. The van der Waals surface area contributed by atoms with Crippen molar-refractivity contribution in [1.82, 2.24) is 0 Å². The second-order valence-corrected chi connectivity index (χ2v) is 10.1. The number of hydrogen-bond donors (Lipinski definition) is 3. The van der Waals surface area contributed by atoms with Crippen molar-refractivity contribution in [2.24, 2.45) is 10.2 Å². The van der Waals surface area contributed by atoms with Crippen LogP contribution in [0.25, 0.3) is 10.8 Å². The minimum atomic E-state index is -4.54. The molecule has 0 radical (unpaired) electrons. The topological polar surface area (TPSA) is 138 Å². The van der Waals surface area contributed by atoms with E-state index in [4.69, 9.17) is 27.9 Å². The van der Waals surface area contributed by atoms with Gasteiger partial charge in [-0.1, -0.05) is 53.5 Å². The molecule has 0 aliphatic heterocycles. The molecule has 37 heavy (non-hydrogen) atoms. The number of carbonyl (C=O) groups is 1. The Morgan fingerprint density at radius 1 is 1.00 bits per heavy atom. The molecule has 4 aromatic rings. The summed E-state index contributed by atoms with van der Waals surface area (Å²) in [6, 6.07) is 15.6. The lowest BCUT2D eigenvalue weighted by molar-refractivity contribution is 0.102. The Kier molecular flexibility index (Phi) is 7.37. The van der Waals surface area contributed by atoms with Crippen LogP contribution in [-0.2, 0) is 10.1 Å². The Balaban J connectivity index is 1.83. The number of benzene rings is 4. The van der Waals surface area contributed by atoms with Gasteiger partial charge in [-0.25, -0.2) is 0 Å². The van der Waals surface area contributed by atoms with Crippen molar-refractivity contribution < 1.29 is 27.6 Å². The number of rotatable bonds is 6. The van der Waals surface area contributed by atoms with Crippen molar-refractivity contribution in [3.63, 3.8) is 0 Å². The highest BCUT2D eigenvalue weighted by molar-refractivity contribution is 7.85. The van der Waals surface area contributed by atoms with Crippen molar-refractivity contribution in [1.29, 1.82) is 0 Å². The number of anilines is 1. The van der Waals surface area contributed by atoms with Crippen molar-refractivity contribution in [2.45, 2.75) is 11.8 Å². The van der Waals surface area contributed by atoms with E-state index in [0.29, 0.717) is 16.5 Å². The molecule has 3 N–H and O–H groups in total. The molecule has 0 fully saturated rings. The van der Waals surface area contributed by atoms with Crippen LogP contribution in [0, 0.1) is 6.92 Å². The predicted octanol–water partition coefficient (Wildman–Crippen LogP) is 7.08. The van der Waals surface area contributed by atoms with Gasteiger partial charge < -0.3 is 15.2 Å². The number of aromatic hydroxyl groups is 1. The molecule has 190 valence electrons. The fraction of sp³-hybridized carbons (Fsp3) is 0.0800. The highest BCUT2D eigenvalue weighted by atomic mass is 35.5. The molecule has 0 aliphatic carbocycles. The number of halogens is 2. The molecule has 1 amide bonds. The molecule has 0 atom stereocenters. The van der Waals surface area contributed by atoms with Crippen molar-refractivity contribution >= 4 is 67.1 Å². The lowest BCUT2D eigenvalue weighted by Crippen LogP contribution is -2.13. The first-order valence-corrected chi connectivity index (χ1v) is 12.8. The Bertz CT molecular complexity index is 1690. The number of methoxy groups -OCH3 is 1. The van der Waals surface area contributed by atoms with Crippen LogP contribution in [0.3, 0.4) is 0 Å². The van der Waals surface area contributed by atoms with E-state index >= 15 is 0 Å². The number of aryl methyl sites for hydroxylation is 1. The first-order chi connectivity index (χ1) is 17.5. The number of ether oxygens (including phenoxy) is 1. The van der Waals surface area contributed by atoms with E-state index in [0.717, 1.165) is 6.07 Å². The lowest BCUT2D eigenvalue weighted by atomic mass is 10.0. The van der Waals surface area contributed by atoms with Crippen LogP contribution >= 0.6 is 23.2 Å². The highest BCUT2D eigenvalue weighted by Crippen LogP contribution is 2.41. The maximum atomic E-state index is 13.2. The summed E-state index contributed by atoms with van der Waals surface area (Å²) < 4.78 is 38.1. The summed E-state index contributed by atoms with van der Waals surface area (Å²) in [6.45, 7) is 1.46. The number of phenols is 1. The van der Waals surface area contributed by atoms with Gasteiger partial charge in [-0.2, -0.15) is 8.42 Å². The molecule has 0 heterocycles. The van der Waals surface area contributed by atoms with Gasteiger partial charge in [0.25, 0.3) is 16.0 Å². The second kappa shape index (κ2) is 10.3. The lowest BCUT2D eigenvalue weighted by Gasteiger charge is -2.14. The Morgan fingerprint density at radius 3 is 2.43 bits per heavy atom. The molecule has 0 aromatic heterocycles. The smallest absolute Gasteiger partial charge is 0.294 e. The standard InChI is InChI=1S/C25H19Cl2N3O6S/c1-13-10-18(27)19(12-21(13)37(33,34)35)29-30-22-15-7-4-3-6-14(15)11-16(24(22)31)25(32)28-23-17(26)8-5-9-20(23)36-2/h3-12,31H,1-2H3,(H,28,32)(H,33,34,35). The van der Waals surface area contributed by atoms with Crippen molar-refractivity contribution in [3.8, 4) is 11.5 Å². The van der Waals surface area contributed by atoms with E-state index in [1.54, 1.807) is 42.5 Å². The first kappa shape index (κ1) is 26.4. The molecule has 0 unspecified atom stereocenters. The number of para-hydroxylation sites is 1. The Hall–Kier alpha value is -3.70. The molecule has 12 heteroatoms. The quantitative estimate of drug-likeness (QED) is 0.170. The van der Waals surface area contributed by atoms with Gasteiger partial charge in [0.1, 0.15) is 22.8 Å². The molecular weight excluding hydrogens is 541 g/mol. The summed E-state index contributed by atoms with van der Waals surface area (Å²) in [4.78, 5) is 12.8. The summed E-state index contributed by atoms with van der Waals surface area (Å²) in [5.41, 5.74) is 0.187. The van der Waals surface area contributed by atoms with E-state index < -0.39 is 21.8 Å². The molecule has 0 saturated carbocycles. The van der Waals surface area contributed by atoms with Gasteiger partial charge in [-0.05, 0) is 48.2 Å². The maximum Gasteiger partial charge on any atom is 0.294 e. The molecule has 4 rings (SSSR count). The van der Waals surface area contributed by atoms with Gasteiger partial charge in [0, 0.05) is 5.39 Å². The van der Waals surface area contributed by atoms with Crippen LogP contribution < -0.4 is 10.1 Å². The molecule has 0 saturated heterocycles. The SMILES string of the molecule is COc1cccc(Cl)c1NC(=O)c1cc2ccccc2c(N=Nc2cc(S(=O)(=O)O)c(C)cc2Cl)c1O. The number of nitrogens with one attached hydrogen (secondary N) is 1. The van der Waals surface area contributed by atoms with E-state index in [2.05, 4.69) is 15.5 Å². The summed E-state index contributed by atoms with van der Waals surface area (Å²) in [5.74, 6) is -0.845. The molecular formula is C25H19Cl2N3O6S. The average molecular weight is 560 g/mol. The minimum Gasteiger partial charge on any atom is -0.505 e. The summed E-state index contributed by atoms with van der Waals surface area (Å²) in [5, 5.41) is 23.2. The van der Waals surface area contributed by atoms with E-state index in [1.807, 2.05) is 0 Å². The molecule has 9 nitrogen and oxygen atoms in total. The van der Waals surface area contributed by atoms with Crippen LogP contribution in [0.2, 0.25) is 10.0 Å². The average Bonchev–Trinajstić information content (AvgIpc) is 2.84. The van der Waals surface area contributed by atoms with Gasteiger partial charge in [0.2, 0.25) is 0 Å². The number of fused-ring (bicyclic) bond motifs is 1. The first-order valence-electron chi connectivity index (χ1n) is 10.6. The van der Waals surface area contributed by atoms with E-state index in [-0.39, 0.29) is 43.1 Å². The number of phenolic OH excluding ortho intramolecular Hbond substituents is 1.